The van der Waals surface area contributed by atoms with Gasteiger partial charge in [-0.15, -0.1) is 11.3 Å². The third-order valence-electron chi connectivity index (χ3n) is 4.84. The number of nitrogens with zero attached hydrogens (tertiary/aromatic N) is 1. The Kier molecular flexibility index (Phi) is 6.02. The summed E-state index contributed by atoms with van der Waals surface area (Å²) in [4.78, 5) is 16.1. The molecule has 25 heavy (non-hydrogen) atoms. The van der Waals surface area contributed by atoms with Crippen LogP contribution in [-0.2, 0) is 17.8 Å². The van der Waals surface area contributed by atoms with Gasteiger partial charge in [-0.2, -0.15) is 0 Å². The fourth-order valence-electron chi connectivity index (χ4n) is 3.08. The largest absolute Gasteiger partial charge is 0.497 e. The number of carbonyl (C=O) groups excluding carboxylic acids is 1. The number of hydrogen-bond donors (Lipinski definition) is 0. The first-order valence-electron chi connectivity index (χ1n) is 8.73. The summed E-state index contributed by atoms with van der Waals surface area (Å²) in [5.41, 5.74) is 1.14. The molecule has 0 aliphatic heterocycles. The standard InChI is InChI=1S/C20H24ClNO2S/c1-14(16-5-6-16)22(13-15-3-7-17(24-2)8-4-15)20(23)12-10-18-9-11-19(21)25-18/h3-4,7-9,11,14,16H,5-6,10,12-13H2,1-2H3. The predicted molar refractivity (Wildman–Crippen MR) is 103 cm³/mol. The average molecular weight is 378 g/mol. The Morgan fingerprint density at radius 2 is 2.00 bits per heavy atom. The highest BCUT2D eigenvalue weighted by molar-refractivity contribution is 7.16. The van der Waals surface area contributed by atoms with E-state index < -0.39 is 0 Å². The Balaban J connectivity index is 1.66. The molecular weight excluding hydrogens is 354 g/mol. The van der Waals surface area contributed by atoms with Crippen LogP contribution < -0.4 is 4.74 Å². The van der Waals surface area contributed by atoms with E-state index >= 15 is 0 Å². The molecule has 3 rings (SSSR count). The fourth-order valence-corrected chi connectivity index (χ4v) is 4.17. The maximum Gasteiger partial charge on any atom is 0.223 e. The molecule has 0 spiro atoms. The Labute approximate surface area is 158 Å². The zero-order valence-electron chi connectivity index (χ0n) is 14.7. The maximum atomic E-state index is 12.9. The number of aryl methyl sites for hydroxylation is 1. The highest BCUT2D eigenvalue weighted by Gasteiger charge is 2.34. The van der Waals surface area contributed by atoms with Crippen molar-refractivity contribution in [3.63, 3.8) is 0 Å². The molecule has 1 heterocycles. The van der Waals surface area contributed by atoms with E-state index in [1.165, 1.54) is 17.7 Å². The summed E-state index contributed by atoms with van der Waals surface area (Å²) in [7, 11) is 1.66. The highest BCUT2D eigenvalue weighted by atomic mass is 35.5. The predicted octanol–water partition coefficient (Wildman–Crippen LogP) is 5.17. The first kappa shape index (κ1) is 18.3. The fraction of sp³-hybridized carbons (Fsp3) is 0.450. The van der Waals surface area contributed by atoms with Crippen molar-refractivity contribution in [2.75, 3.05) is 7.11 Å². The van der Waals surface area contributed by atoms with Crippen molar-refractivity contribution in [1.82, 2.24) is 4.90 Å². The minimum Gasteiger partial charge on any atom is -0.497 e. The average Bonchev–Trinajstić information content (AvgIpc) is 3.39. The van der Waals surface area contributed by atoms with Crippen LogP contribution in [-0.4, -0.2) is 24.0 Å². The number of amides is 1. The molecule has 1 saturated carbocycles. The van der Waals surface area contributed by atoms with Crippen LogP contribution in [0.2, 0.25) is 4.34 Å². The van der Waals surface area contributed by atoms with Gasteiger partial charge in [-0.1, -0.05) is 23.7 Å². The van der Waals surface area contributed by atoms with Gasteiger partial charge in [0.2, 0.25) is 5.91 Å². The number of thiophene rings is 1. The molecule has 1 aliphatic rings. The van der Waals surface area contributed by atoms with Gasteiger partial charge in [-0.25, -0.2) is 0 Å². The molecule has 134 valence electrons. The van der Waals surface area contributed by atoms with Gasteiger partial charge in [-0.3, -0.25) is 4.79 Å². The van der Waals surface area contributed by atoms with Crippen LogP contribution in [0.4, 0.5) is 0 Å². The van der Waals surface area contributed by atoms with Crippen LogP contribution in [0.25, 0.3) is 0 Å². The van der Waals surface area contributed by atoms with E-state index in [0.717, 1.165) is 22.1 Å². The van der Waals surface area contributed by atoms with Gasteiger partial charge in [0, 0.05) is 23.9 Å². The van der Waals surface area contributed by atoms with Crippen LogP contribution in [0, 0.1) is 5.92 Å². The molecule has 5 heteroatoms. The Morgan fingerprint density at radius 3 is 2.56 bits per heavy atom. The normalized spacial score (nSPS) is 15.0. The minimum absolute atomic E-state index is 0.222. The van der Waals surface area contributed by atoms with E-state index in [9.17, 15) is 4.79 Å². The molecule has 1 amide bonds. The molecule has 1 aromatic heterocycles. The van der Waals surface area contributed by atoms with Crippen LogP contribution in [0.5, 0.6) is 5.75 Å². The smallest absolute Gasteiger partial charge is 0.223 e. The zero-order chi connectivity index (χ0) is 17.8. The number of hydrogen-bond acceptors (Lipinski definition) is 3. The van der Waals surface area contributed by atoms with Gasteiger partial charge in [0.25, 0.3) is 0 Å². The molecule has 0 saturated heterocycles. The van der Waals surface area contributed by atoms with Crippen molar-refractivity contribution in [3.05, 3.63) is 51.2 Å². The van der Waals surface area contributed by atoms with Crippen molar-refractivity contribution < 1.29 is 9.53 Å². The lowest BCUT2D eigenvalue weighted by Crippen LogP contribution is -2.39. The van der Waals surface area contributed by atoms with E-state index in [4.69, 9.17) is 16.3 Å². The van der Waals surface area contributed by atoms with Crippen LogP contribution in [0.1, 0.15) is 36.6 Å². The lowest BCUT2D eigenvalue weighted by Gasteiger charge is -2.30. The van der Waals surface area contributed by atoms with Crippen molar-refractivity contribution in [3.8, 4) is 5.75 Å². The molecule has 1 aliphatic carbocycles. The number of rotatable bonds is 8. The molecule has 3 nitrogen and oxygen atoms in total. The molecule has 0 radical (unpaired) electrons. The van der Waals surface area contributed by atoms with Crippen molar-refractivity contribution in [2.24, 2.45) is 5.92 Å². The molecule has 1 aromatic carbocycles. The van der Waals surface area contributed by atoms with Gasteiger partial charge < -0.3 is 9.64 Å². The summed E-state index contributed by atoms with van der Waals surface area (Å²) >= 11 is 7.54. The quantitative estimate of drug-likeness (QED) is 0.635. The molecule has 1 fully saturated rings. The Bertz CT molecular complexity index is 709. The van der Waals surface area contributed by atoms with Gasteiger partial charge >= 0.3 is 0 Å². The SMILES string of the molecule is COc1ccc(CN(C(=O)CCc2ccc(Cl)s2)C(C)C2CC2)cc1. The Morgan fingerprint density at radius 1 is 1.28 bits per heavy atom. The molecule has 2 aromatic rings. The number of halogens is 1. The van der Waals surface area contributed by atoms with E-state index in [1.807, 2.05) is 36.4 Å². The lowest BCUT2D eigenvalue weighted by molar-refractivity contribution is -0.134. The summed E-state index contributed by atoms with van der Waals surface area (Å²) in [6, 6.07) is 12.2. The summed E-state index contributed by atoms with van der Waals surface area (Å²) in [5.74, 6) is 1.71. The molecular formula is C20H24ClNO2S. The van der Waals surface area contributed by atoms with Gasteiger partial charge in [0.05, 0.1) is 11.4 Å². The molecule has 0 bridgehead atoms. The summed E-state index contributed by atoms with van der Waals surface area (Å²) in [6.45, 7) is 2.84. The Hall–Kier alpha value is -1.52. The van der Waals surface area contributed by atoms with Crippen molar-refractivity contribution >= 4 is 28.8 Å². The van der Waals surface area contributed by atoms with Gasteiger partial charge in [-0.05, 0) is 61.9 Å². The molecule has 0 N–H and O–H groups in total. The second-order valence-corrected chi connectivity index (χ2v) is 8.45. The number of ether oxygens (including phenoxy) is 1. The van der Waals surface area contributed by atoms with Crippen molar-refractivity contribution in [2.45, 2.75) is 45.2 Å². The monoisotopic (exact) mass is 377 g/mol. The minimum atomic E-state index is 0.222. The second-order valence-electron chi connectivity index (χ2n) is 6.65. The van der Waals surface area contributed by atoms with Crippen LogP contribution in [0.3, 0.4) is 0 Å². The number of methoxy groups -OCH3 is 1. The number of benzene rings is 1. The first-order chi connectivity index (χ1) is 12.1. The zero-order valence-corrected chi connectivity index (χ0v) is 16.3. The van der Waals surface area contributed by atoms with E-state index in [0.29, 0.717) is 24.9 Å². The molecule has 1 unspecified atom stereocenters. The highest BCUT2D eigenvalue weighted by Crippen LogP contribution is 2.36. The third kappa shape index (κ3) is 4.99. The van der Waals surface area contributed by atoms with Gasteiger partial charge in [0.1, 0.15) is 5.75 Å². The van der Waals surface area contributed by atoms with E-state index in [-0.39, 0.29) is 5.91 Å². The van der Waals surface area contributed by atoms with E-state index in [1.54, 1.807) is 18.4 Å². The summed E-state index contributed by atoms with van der Waals surface area (Å²) in [5, 5.41) is 0. The summed E-state index contributed by atoms with van der Waals surface area (Å²) in [6.07, 6.45) is 3.75. The number of carbonyl (C=O) groups is 1. The van der Waals surface area contributed by atoms with Crippen LogP contribution >= 0.6 is 22.9 Å². The van der Waals surface area contributed by atoms with Gasteiger partial charge in [0.15, 0.2) is 0 Å². The van der Waals surface area contributed by atoms with Crippen LogP contribution in [0.15, 0.2) is 36.4 Å². The van der Waals surface area contributed by atoms with E-state index in [2.05, 4.69) is 11.8 Å². The lowest BCUT2D eigenvalue weighted by atomic mass is 10.1. The third-order valence-corrected chi connectivity index (χ3v) is 6.13. The van der Waals surface area contributed by atoms with Crippen molar-refractivity contribution in [1.29, 1.82) is 0 Å². The summed E-state index contributed by atoms with van der Waals surface area (Å²) < 4.78 is 6.00. The topological polar surface area (TPSA) is 29.5 Å². The maximum absolute atomic E-state index is 12.9. The second kappa shape index (κ2) is 8.24. The first-order valence-corrected chi connectivity index (χ1v) is 9.93. The molecule has 1 atom stereocenters.